The molecule has 12 aromatic carbocycles. The van der Waals surface area contributed by atoms with Crippen LogP contribution in [0.3, 0.4) is 0 Å². The van der Waals surface area contributed by atoms with Crippen LogP contribution in [-0.2, 0) is 0 Å². The van der Waals surface area contributed by atoms with Crippen molar-refractivity contribution in [2.45, 2.75) is 12.8 Å². The van der Waals surface area contributed by atoms with E-state index in [1.54, 1.807) is 0 Å². The van der Waals surface area contributed by atoms with E-state index in [1.807, 2.05) is 36.4 Å². The van der Waals surface area contributed by atoms with Crippen LogP contribution >= 0.6 is 0 Å². The normalized spacial score (nSPS) is 12.5. The number of para-hydroxylation sites is 2. The molecule has 1 aliphatic carbocycles. The minimum atomic E-state index is 0.578. The zero-order chi connectivity index (χ0) is 52.7. The molecule has 0 atom stereocenters. The van der Waals surface area contributed by atoms with Crippen molar-refractivity contribution in [3.8, 4) is 67.8 Å². The maximum absolute atomic E-state index is 5.17. The predicted octanol–water partition coefficient (Wildman–Crippen LogP) is 17.5. The zero-order valence-electron chi connectivity index (χ0n) is 43.6. The molecule has 3 aromatic heterocycles. The second-order valence-electron chi connectivity index (χ2n) is 21.0. The molecule has 0 saturated heterocycles. The van der Waals surface area contributed by atoms with Gasteiger partial charge in [0.05, 0.1) is 22.1 Å². The van der Waals surface area contributed by atoms with Crippen LogP contribution in [-0.4, -0.2) is 24.1 Å². The largest absolute Gasteiger partial charge is 0.309 e. The third kappa shape index (κ3) is 7.43. The molecule has 80 heavy (non-hydrogen) atoms. The van der Waals surface area contributed by atoms with Crippen molar-refractivity contribution in [2.75, 3.05) is 0 Å². The van der Waals surface area contributed by atoms with Crippen molar-refractivity contribution in [2.24, 2.45) is 0 Å². The molecule has 1 aliphatic rings. The van der Waals surface area contributed by atoms with E-state index in [9.17, 15) is 0 Å². The monoisotopic (exact) mass is 1020 g/mol. The lowest BCUT2D eigenvalue weighted by molar-refractivity contribution is 0.953. The lowest BCUT2D eigenvalue weighted by Crippen LogP contribution is -2.29. The van der Waals surface area contributed by atoms with Crippen LogP contribution < -0.4 is 10.4 Å². The summed E-state index contributed by atoms with van der Waals surface area (Å²) in [6.07, 6.45) is 4.41. The lowest BCUT2D eigenvalue weighted by atomic mass is 9.84. The molecule has 5 heteroatoms. The van der Waals surface area contributed by atoms with Crippen molar-refractivity contribution >= 4 is 76.8 Å². The Hall–Kier alpha value is -10.5. The molecule has 0 saturated carbocycles. The van der Waals surface area contributed by atoms with Gasteiger partial charge in [-0.15, -0.1) is 0 Å². The van der Waals surface area contributed by atoms with Gasteiger partial charge in [-0.1, -0.05) is 224 Å². The average molecular weight is 1020 g/mol. The molecule has 3 heterocycles. The molecule has 0 N–H and O–H groups in total. The first-order valence-corrected chi connectivity index (χ1v) is 27.6. The molecular weight excluding hydrogens is 971 g/mol. The SMILES string of the molecule is C1=c2ccccc2=C(c2cccc3c(-c4cccc(-n5c6ccccc6c6cc(-c7ccc8c(c7)c7ccccc7n8-c7nc(-c8ccccc8)nc(-c8ccccc8)n7)ccc65)c4)ccc(-c4cccc5ccccc45)c23)CC1. The van der Waals surface area contributed by atoms with Crippen molar-refractivity contribution < 1.29 is 0 Å². The number of benzene rings is 12. The van der Waals surface area contributed by atoms with Gasteiger partial charge in [-0.2, -0.15) is 9.97 Å². The van der Waals surface area contributed by atoms with Gasteiger partial charge in [-0.25, -0.2) is 4.98 Å². The highest BCUT2D eigenvalue weighted by atomic mass is 15.2. The molecule has 0 radical (unpaired) electrons. The van der Waals surface area contributed by atoms with Gasteiger partial charge in [0.15, 0.2) is 11.6 Å². The predicted molar refractivity (Wildman–Crippen MR) is 333 cm³/mol. The molecule has 0 bridgehead atoms. The van der Waals surface area contributed by atoms with E-state index in [1.165, 1.54) is 81.7 Å². The molecular formula is C75H49N5. The smallest absolute Gasteiger partial charge is 0.238 e. The van der Waals surface area contributed by atoms with Gasteiger partial charge in [0.1, 0.15) is 0 Å². The summed E-state index contributed by atoms with van der Waals surface area (Å²) in [5.74, 6) is 1.84. The molecule has 15 aromatic rings. The Bertz CT molecular complexity index is 5060. The van der Waals surface area contributed by atoms with Crippen LogP contribution in [0.1, 0.15) is 18.4 Å². The van der Waals surface area contributed by atoms with E-state index in [0.29, 0.717) is 17.6 Å². The summed E-state index contributed by atoms with van der Waals surface area (Å²) in [6, 6.07) is 96.8. The quantitative estimate of drug-likeness (QED) is 0.152. The van der Waals surface area contributed by atoms with Crippen molar-refractivity contribution in [1.82, 2.24) is 24.1 Å². The van der Waals surface area contributed by atoms with Gasteiger partial charge in [-0.05, 0) is 138 Å². The fourth-order valence-corrected chi connectivity index (χ4v) is 12.8. The lowest BCUT2D eigenvalue weighted by Gasteiger charge is -2.20. The van der Waals surface area contributed by atoms with E-state index < -0.39 is 0 Å². The van der Waals surface area contributed by atoms with Crippen LogP contribution in [0.4, 0.5) is 0 Å². The average Bonchev–Trinajstić information content (AvgIpc) is 4.18. The second kappa shape index (κ2) is 18.6. The van der Waals surface area contributed by atoms with E-state index in [4.69, 9.17) is 15.0 Å². The number of hydrogen-bond donors (Lipinski definition) is 0. The zero-order valence-corrected chi connectivity index (χ0v) is 43.6. The minimum Gasteiger partial charge on any atom is -0.309 e. The first-order chi connectivity index (χ1) is 39.7. The minimum absolute atomic E-state index is 0.578. The van der Waals surface area contributed by atoms with Crippen molar-refractivity contribution in [3.05, 3.63) is 283 Å². The van der Waals surface area contributed by atoms with Gasteiger partial charge >= 0.3 is 0 Å². The Morgan fingerprint density at radius 3 is 1.59 bits per heavy atom. The molecule has 0 fully saturated rings. The van der Waals surface area contributed by atoms with Crippen molar-refractivity contribution in [1.29, 1.82) is 0 Å². The molecule has 0 amide bonds. The van der Waals surface area contributed by atoms with E-state index >= 15 is 0 Å². The van der Waals surface area contributed by atoms with Gasteiger partial charge in [0.25, 0.3) is 0 Å². The second-order valence-corrected chi connectivity index (χ2v) is 21.0. The highest BCUT2D eigenvalue weighted by molar-refractivity contribution is 6.15. The van der Waals surface area contributed by atoms with E-state index in [0.717, 1.165) is 68.1 Å². The van der Waals surface area contributed by atoms with Crippen molar-refractivity contribution in [3.63, 3.8) is 0 Å². The molecule has 5 nitrogen and oxygen atoms in total. The standard InChI is InChI=1S/C75H49N5/c1-3-21-50(22-4-1)73-76-74(51-23-5-2-6-24-51)78-75(77-73)80-69-38-14-12-32-62(69)67-47-53(40-44-71(67)80)52-39-43-70-66(46-52)61-31-11-13-37-68(61)79(70)55-28-15-27-54(45-55)58-41-42-65(60-34-17-26-49-20-8-10-30-57(49)60)72-63(58)35-18-36-64(72)59-33-16-25-48-19-7-9-29-56(48)59/h1-15,17-32,34-47H,16,33H2. The van der Waals surface area contributed by atoms with Gasteiger partial charge in [0, 0.05) is 38.4 Å². The van der Waals surface area contributed by atoms with Crippen LogP contribution in [0.5, 0.6) is 0 Å². The maximum Gasteiger partial charge on any atom is 0.238 e. The first-order valence-electron chi connectivity index (χ1n) is 27.6. The topological polar surface area (TPSA) is 48.5 Å². The van der Waals surface area contributed by atoms with Crippen LogP contribution in [0.2, 0.25) is 0 Å². The van der Waals surface area contributed by atoms with E-state index in [2.05, 4.69) is 246 Å². The van der Waals surface area contributed by atoms with Gasteiger partial charge in [0.2, 0.25) is 5.95 Å². The Labute approximate surface area is 462 Å². The summed E-state index contributed by atoms with van der Waals surface area (Å²) in [6.45, 7) is 0. The number of fused-ring (bicyclic) bond motifs is 9. The number of aromatic nitrogens is 5. The molecule has 374 valence electrons. The summed E-state index contributed by atoms with van der Waals surface area (Å²) in [5.41, 5.74) is 17.3. The Balaban J connectivity index is 0.834. The summed E-state index contributed by atoms with van der Waals surface area (Å²) in [7, 11) is 0. The third-order valence-corrected chi connectivity index (χ3v) is 16.5. The fraction of sp³-hybridized carbons (Fsp3) is 0.0267. The highest BCUT2D eigenvalue weighted by Crippen LogP contribution is 2.44. The summed E-state index contributed by atoms with van der Waals surface area (Å²) >= 11 is 0. The fourth-order valence-electron chi connectivity index (χ4n) is 12.8. The third-order valence-electron chi connectivity index (χ3n) is 16.5. The molecule has 16 rings (SSSR count). The molecule has 0 unspecified atom stereocenters. The maximum atomic E-state index is 5.17. The molecule has 0 spiro atoms. The highest BCUT2D eigenvalue weighted by Gasteiger charge is 2.22. The van der Waals surface area contributed by atoms with Gasteiger partial charge < -0.3 is 4.57 Å². The summed E-state index contributed by atoms with van der Waals surface area (Å²) in [5, 5.41) is 12.4. The van der Waals surface area contributed by atoms with Crippen LogP contribution in [0, 0.1) is 0 Å². The Morgan fingerprint density at radius 2 is 0.850 bits per heavy atom. The van der Waals surface area contributed by atoms with Crippen LogP contribution in [0.25, 0.3) is 145 Å². The summed E-state index contributed by atoms with van der Waals surface area (Å²) in [4.78, 5) is 15.3. The van der Waals surface area contributed by atoms with Crippen LogP contribution in [0.15, 0.2) is 267 Å². The Kier molecular flexibility index (Phi) is 10.6. The van der Waals surface area contributed by atoms with Gasteiger partial charge in [-0.3, -0.25) is 4.57 Å². The first kappa shape index (κ1) is 45.7. The Morgan fingerprint density at radius 1 is 0.312 bits per heavy atom. The molecule has 0 aliphatic heterocycles. The number of nitrogens with zero attached hydrogens (tertiary/aromatic N) is 5. The number of rotatable bonds is 8. The van der Waals surface area contributed by atoms with E-state index in [-0.39, 0.29) is 0 Å². The number of hydrogen-bond acceptors (Lipinski definition) is 3. The summed E-state index contributed by atoms with van der Waals surface area (Å²) < 4.78 is 4.63.